The third kappa shape index (κ3) is 7.80. The van der Waals surface area contributed by atoms with Gasteiger partial charge in [-0.3, -0.25) is 19.2 Å². The lowest BCUT2D eigenvalue weighted by atomic mass is 9.85. The fraction of sp³-hybridized carbons (Fsp3) is 0.821. The van der Waals surface area contributed by atoms with Crippen LogP contribution in [0.5, 0.6) is 0 Å². The minimum atomic E-state index is -3.49. The highest BCUT2D eigenvalue weighted by Crippen LogP contribution is 2.65. The van der Waals surface area contributed by atoms with Gasteiger partial charge in [0.25, 0.3) is 5.91 Å². The Morgan fingerprint density at radius 2 is 1.55 bits per heavy atom. The molecule has 0 aromatic heterocycles. The second kappa shape index (κ2) is 12.1. The summed E-state index contributed by atoms with van der Waals surface area (Å²) in [6, 6.07) is -4.26. The average Bonchev–Trinajstić information content (AvgIpc) is 3.14. The molecule has 2 fully saturated rings. The number of carbonyl (C=O) groups is 5. The highest BCUT2D eigenvalue weighted by atomic mass is 32.2. The number of rotatable bonds is 11. The van der Waals surface area contributed by atoms with E-state index in [-0.39, 0.29) is 30.2 Å². The van der Waals surface area contributed by atoms with Crippen LogP contribution in [0.4, 0.5) is 4.79 Å². The standard InChI is InChI=1S/C28H50N6O7S/c1-12-16(20(35)22(29)36)30-23(37)19-18-15(28(18,8)9)13-34(19)24(38)21(27(5,6)7)32-25(39)31-17(26(2,3)4)14-33(10)42(11,40)41/h15-19,21H,12-14H2,1-11H3,(H2,29,36)(H,30,37)(H2,31,32,39)/t15-,16?,17+,18-,19-,21+/m0/s1. The molecule has 1 heterocycles. The van der Waals surface area contributed by atoms with Crippen molar-refractivity contribution in [1.82, 2.24) is 25.2 Å². The zero-order chi connectivity index (χ0) is 32.7. The van der Waals surface area contributed by atoms with Crippen LogP contribution in [0.15, 0.2) is 0 Å². The summed E-state index contributed by atoms with van der Waals surface area (Å²) in [4.78, 5) is 66.1. The van der Waals surface area contributed by atoms with Gasteiger partial charge in [-0.2, -0.15) is 0 Å². The SMILES string of the molecule is CCC(NC(=O)[C@@H]1[C@@H]2[C@H](CN1C(=O)[C@@H](NC(=O)N[C@H](CN(C)S(C)(=O)=O)C(C)(C)C)C(C)(C)C)C2(C)C)C(=O)C(N)=O. The van der Waals surface area contributed by atoms with E-state index in [0.717, 1.165) is 10.6 Å². The van der Waals surface area contributed by atoms with Crippen LogP contribution in [0, 0.1) is 28.1 Å². The first kappa shape index (κ1) is 35.5. The van der Waals surface area contributed by atoms with E-state index in [9.17, 15) is 32.4 Å². The molecule has 0 bridgehead atoms. The number of carbonyl (C=O) groups excluding carboxylic acids is 5. The van der Waals surface area contributed by atoms with Crippen molar-refractivity contribution in [3.63, 3.8) is 0 Å². The number of Topliss-reactive ketones (excluding diaryl/α,β-unsaturated/α-hetero) is 1. The van der Waals surface area contributed by atoms with Gasteiger partial charge in [-0.25, -0.2) is 17.5 Å². The number of nitrogens with two attached hydrogens (primary N) is 1. The summed E-state index contributed by atoms with van der Waals surface area (Å²) in [5.74, 6) is -3.16. The van der Waals surface area contributed by atoms with Crippen LogP contribution < -0.4 is 21.7 Å². The van der Waals surface area contributed by atoms with Crippen molar-refractivity contribution >= 4 is 39.6 Å². The Kier molecular flexibility index (Phi) is 10.2. The number of nitrogens with one attached hydrogen (secondary N) is 3. The molecule has 0 aromatic carbocycles. The molecule has 1 saturated carbocycles. The smallest absolute Gasteiger partial charge is 0.315 e. The number of piperidine rings is 1. The van der Waals surface area contributed by atoms with Crippen LogP contribution in [0.1, 0.15) is 68.7 Å². The molecule has 0 aromatic rings. The first-order chi connectivity index (χ1) is 18.8. The van der Waals surface area contributed by atoms with Crippen LogP contribution in [0.2, 0.25) is 0 Å². The third-order valence-electron chi connectivity index (χ3n) is 8.79. The molecule has 6 atom stereocenters. The number of nitrogens with zero attached hydrogens (tertiary/aromatic N) is 2. The lowest BCUT2D eigenvalue weighted by Crippen LogP contribution is -2.62. The number of likely N-dealkylation sites (tertiary alicyclic amines) is 1. The lowest BCUT2D eigenvalue weighted by Gasteiger charge is -2.39. The van der Waals surface area contributed by atoms with Crippen molar-refractivity contribution in [3.05, 3.63) is 0 Å². The Balaban J connectivity index is 2.32. The monoisotopic (exact) mass is 614 g/mol. The minimum absolute atomic E-state index is 0.0271. The Morgan fingerprint density at radius 1 is 1.00 bits per heavy atom. The summed E-state index contributed by atoms with van der Waals surface area (Å²) in [6.07, 6.45) is 1.24. The largest absolute Gasteiger partial charge is 0.363 e. The van der Waals surface area contributed by atoms with E-state index in [2.05, 4.69) is 16.0 Å². The molecule has 1 unspecified atom stereocenters. The highest BCUT2D eigenvalue weighted by Gasteiger charge is 2.69. The van der Waals surface area contributed by atoms with E-state index in [1.54, 1.807) is 27.7 Å². The van der Waals surface area contributed by atoms with Gasteiger partial charge in [0.05, 0.1) is 12.3 Å². The Morgan fingerprint density at radius 3 is 1.98 bits per heavy atom. The van der Waals surface area contributed by atoms with Gasteiger partial charge in [-0.05, 0) is 34.5 Å². The van der Waals surface area contributed by atoms with Crippen molar-refractivity contribution in [2.75, 3.05) is 26.4 Å². The molecule has 0 radical (unpaired) electrons. The van der Waals surface area contributed by atoms with Gasteiger partial charge in [-0.1, -0.05) is 62.3 Å². The number of primary amides is 1. The summed E-state index contributed by atoms with van der Waals surface area (Å²) >= 11 is 0. The molecule has 1 aliphatic heterocycles. The molecule has 240 valence electrons. The van der Waals surface area contributed by atoms with E-state index in [1.165, 1.54) is 11.9 Å². The van der Waals surface area contributed by atoms with E-state index in [1.807, 2.05) is 34.6 Å². The van der Waals surface area contributed by atoms with Crippen LogP contribution in [0.25, 0.3) is 0 Å². The van der Waals surface area contributed by atoms with Gasteiger partial charge in [-0.15, -0.1) is 0 Å². The zero-order valence-corrected chi connectivity index (χ0v) is 27.6. The maximum absolute atomic E-state index is 14.1. The lowest BCUT2D eigenvalue weighted by molar-refractivity contribution is -0.145. The summed E-state index contributed by atoms with van der Waals surface area (Å²) in [6.45, 7) is 17.0. The molecule has 14 heteroatoms. The van der Waals surface area contributed by atoms with Crippen molar-refractivity contribution < 1.29 is 32.4 Å². The van der Waals surface area contributed by atoms with E-state index < -0.39 is 74.6 Å². The molecule has 5 N–H and O–H groups in total. The van der Waals surface area contributed by atoms with Crippen molar-refractivity contribution in [1.29, 1.82) is 0 Å². The Hall–Kier alpha value is -2.74. The number of ketones is 1. The number of likely N-dealkylation sites (N-methyl/N-ethyl adjacent to an activating group) is 1. The summed E-state index contributed by atoms with van der Waals surface area (Å²) in [5.41, 5.74) is 3.68. The Bertz CT molecular complexity index is 1200. The van der Waals surface area contributed by atoms with Gasteiger partial charge >= 0.3 is 6.03 Å². The van der Waals surface area contributed by atoms with Crippen LogP contribution >= 0.6 is 0 Å². The number of sulfonamides is 1. The van der Waals surface area contributed by atoms with Gasteiger partial charge in [0.2, 0.25) is 27.6 Å². The predicted octanol–water partition coefficient (Wildman–Crippen LogP) is 0.439. The topological polar surface area (TPSA) is 188 Å². The third-order valence-corrected chi connectivity index (χ3v) is 10.1. The molecule has 0 spiro atoms. The first-order valence-electron chi connectivity index (χ1n) is 14.3. The van der Waals surface area contributed by atoms with E-state index in [0.29, 0.717) is 6.54 Å². The van der Waals surface area contributed by atoms with Crippen LogP contribution in [0.3, 0.4) is 0 Å². The molecule has 1 saturated heterocycles. The van der Waals surface area contributed by atoms with E-state index >= 15 is 0 Å². The fourth-order valence-corrected chi connectivity index (χ4v) is 6.09. The van der Waals surface area contributed by atoms with Crippen molar-refractivity contribution in [3.8, 4) is 0 Å². The van der Waals surface area contributed by atoms with Crippen molar-refractivity contribution in [2.24, 2.45) is 33.8 Å². The van der Waals surface area contributed by atoms with Crippen molar-refractivity contribution in [2.45, 2.75) is 92.9 Å². The van der Waals surface area contributed by atoms with Crippen LogP contribution in [-0.2, 0) is 29.2 Å². The molecule has 5 amide bonds. The number of hydrogen-bond donors (Lipinski definition) is 4. The summed E-state index contributed by atoms with van der Waals surface area (Å²) in [5, 5.41) is 8.25. The predicted molar refractivity (Wildman–Crippen MR) is 158 cm³/mol. The first-order valence-corrected chi connectivity index (χ1v) is 16.1. The second-order valence-corrected chi connectivity index (χ2v) is 16.6. The Labute approximate surface area is 250 Å². The average molecular weight is 615 g/mol. The van der Waals surface area contributed by atoms with Crippen LogP contribution in [-0.4, -0.2) is 97.7 Å². The number of hydrogen-bond acceptors (Lipinski definition) is 7. The van der Waals surface area contributed by atoms with Gasteiger partial charge in [0.15, 0.2) is 0 Å². The molecular formula is C28H50N6O7S. The van der Waals surface area contributed by atoms with Gasteiger partial charge < -0.3 is 26.6 Å². The molecule has 42 heavy (non-hydrogen) atoms. The zero-order valence-electron chi connectivity index (χ0n) is 26.8. The molecule has 13 nitrogen and oxygen atoms in total. The molecule has 2 rings (SSSR count). The quantitative estimate of drug-likeness (QED) is 0.243. The highest BCUT2D eigenvalue weighted by molar-refractivity contribution is 7.88. The summed E-state index contributed by atoms with van der Waals surface area (Å²) < 4.78 is 25.2. The number of fused-ring (bicyclic) bond motifs is 1. The fourth-order valence-electron chi connectivity index (χ4n) is 5.67. The normalized spacial score (nSPS) is 23.8. The second-order valence-electron chi connectivity index (χ2n) is 14.5. The molecular weight excluding hydrogens is 564 g/mol. The molecule has 1 aliphatic carbocycles. The maximum Gasteiger partial charge on any atom is 0.315 e. The number of amides is 5. The van der Waals surface area contributed by atoms with E-state index in [4.69, 9.17) is 5.73 Å². The summed E-state index contributed by atoms with van der Waals surface area (Å²) in [7, 11) is -2.06. The maximum atomic E-state index is 14.1. The van der Waals surface area contributed by atoms with Gasteiger partial charge in [0, 0.05) is 26.2 Å². The minimum Gasteiger partial charge on any atom is -0.363 e. The molecule has 2 aliphatic rings. The number of urea groups is 1. The van der Waals surface area contributed by atoms with Gasteiger partial charge in [0.1, 0.15) is 12.1 Å².